The highest BCUT2D eigenvalue weighted by Gasteiger charge is 2.43. The Kier molecular flexibility index (Phi) is 11.3. The minimum atomic E-state index is -0.523. The van der Waals surface area contributed by atoms with Crippen molar-refractivity contribution >= 4 is 5.91 Å². The summed E-state index contributed by atoms with van der Waals surface area (Å²) in [6.07, 6.45) is 0.529. The fraction of sp³-hybridized carbons (Fsp3) is 0.270. The second kappa shape index (κ2) is 16.0. The minimum absolute atomic E-state index is 0.149. The zero-order valence-electron chi connectivity index (χ0n) is 24.5. The summed E-state index contributed by atoms with van der Waals surface area (Å²) < 4.78 is 26.1. The molecule has 0 bridgehead atoms. The average molecular weight is 578 g/mol. The summed E-state index contributed by atoms with van der Waals surface area (Å²) in [5, 5.41) is 3.10. The van der Waals surface area contributed by atoms with Crippen LogP contribution < -0.4 is 5.32 Å². The summed E-state index contributed by atoms with van der Waals surface area (Å²) in [4.78, 5) is 12.4. The molecule has 4 aromatic rings. The summed E-state index contributed by atoms with van der Waals surface area (Å²) in [7, 11) is 0. The van der Waals surface area contributed by atoms with Gasteiger partial charge in [-0.1, -0.05) is 127 Å². The molecule has 0 aliphatic heterocycles. The van der Waals surface area contributed by atoms with Gasteiger partial charge in [-0.15, -0.1) is 0 Å². The molecule has 4 aromatic carbocycles. The van der Waals surface area contributed by atoms with Crippen LogP contribution in [0.1, 0.15) is 29.2 Å². The number of amides is 1. The molecule has 0 fully saturated rings. The first-order valence-electron chi connectivity index (χ1n) is 14.7. The maximum absolute atomic E-state index is 12.4. The minimum Gasteiger partial charge on any atom is -0.372 e. The molecule has 6 heteroatoms. The Morgan fingerprint density at radius 2 is 0.977 bits per heavy atom. The second-order valence-corrected chi connectivity index (χ2v) is 10.7. The van der Waals surface area contributed by atoms with Crippen LogP contribution >= 0.6 is 0 Å². The van der Waals surface area contributed by atoms with Crippen LogP contribution in [-0.2, 0) is 50.2 Å². The molecule has 0 spiro atoms. The summed E-state index contributed by atoms with van der Waals surface area (Å²) in [5.74, 6) is -0.149. The van der Waals surface area contributed by atoms with Crippen LogP contribution in [0.15, 0.2) is 133 Å². The Hall–Kier alpha value is -4.07. The molecular formula is C37H39NO5. The van der Waals surface area contributed by atoms with Crippen molar-refractivity contribution in [2.45, 2.75) is 57.7 Å². The van der Waals surface area contributed by atoms with E-state index in [2.05, 4.69) is 5.32 Å². The van der Waals surface area contributed by atoms with E-state index >= 15 is 0 Å². The van der Waals surface area contributed by atoms with E-state index < -0.39 is 24.4 Å². The lowest BCUT2D eigenvalue weighted by Gasteiger charge is -2.42. The SMILES string of the molecule is CC(=O)N[C@H]1C=C(COCc2ccccc2)[C@@H](OCc2ccccc2)[C@H](OCc2ccccc2)[C@H]1OCc1ccccc1. The highest BCUT2D eigenvalue weighted by atomic mass is 16.6. The van der Waals surface area contributed by atoms with Crippen LogP contribution in [-0.4, -0.2) is 36.9 Å². The van der Waals surface area contributed by atoms with Gasteiger partial charge in [0.15, 0.2) is 0 Å². The van der Waals surface area contributed by atoms with E-state index in [1.54, 1.807) is 0 Å². The fourth-order valence-corrected chi connectivity index (χ4v) is 5.23. The molecule has 0 saturated carbocycles. The smallest absolute Gasteiger partial charge is 0.217 e. The van der Waals surface area contributed by atoms with E-state index in [9.17, 15) is 4.79 Å². The Morgan fingerprint density at radius 3 is 1.44 bits per heavy atom. The number of carbonyl (C=O) groups is 1. The van der Waals surface area contributed by atoms with E-state index in [0.29, 0.717) is 33.0 Å². The van der Waals surface area contributed by atoms with Gasteiger partial charge in [0.25, 0.3) is 0 Å². The third-order valence-corrected chi connectivity index (χ3v) is 7.33. The lowest BCUT2D eigenvalue weighted by atomic mass is 9.87. The number of rotatable bonds is 14. The molecule has 0 heterocycles. The van der Waals surface area contributed by atoms with Gasteiger partial charge in [-0.25, -0.2) is 0 Å². The molecule has 0 unspecified atom stereocenters. The summed E-state index contributed by atoms with van der Waals surface area (Å²) in [6, 6.07) is 39.8. The molecule has 43 heavy (non-hydrogen) atoms. The molecule has 1 N–H and O–H groups in total. The molecular weight excluding hydrogens is 538 g/mol. The van der Waals surface area contributed by atoms with E-state index in [1.807, 2.05) is 127 Å². The van der Waals surface area contributed by atoms with Crippen LogP contribution in [0.5, 0.6) is 0 Å². The first-order chi connectivity index (χ1) is 21.2. The van der Waals surface area contributed by atoms with E-state index in [1.165, 1.54) is 6.92 Å². The maximum Gasteiger partial charge on any atom is 0.217 e. The number of nitrogens with one attached hydrogen (secondary N) is 1. The predicted molar refractivity (Wildman–Crippen MR) is 167 cm³/mol. The number of carbonyl (C=O) groups excluding carboxylic acids is 1. The molecule has 1 aliphatic rings. The number of hydrogen-bond donors (Lipinski definition) is 1. The van der Waals surface area contributed by atoms with Gasteiger partial charge in [0.1, 0.15) is 18.3 Å². The van der Waals surface area contributed by atoms with Gasteiger partial charge in [0.2, 0.25) is 5.91 Å². The Morgan fingerprint density at radius 1 is 0.558 bits per heavy atom. The van der Waals surface area contributed by atoms with Crippen molar-refractivity contribution in [1.82, 2.24) is 5.32 Å². The Balaban J connectivity index is 1.45. The van der Waals surface area contributed by atoms with Crippen molar-refractivity contribution in [2.75, 3.05) is 6.61 Å². The number of ether oxygens (including phenoxy) is 4. The zero-order chi connectivity index (χ0) is 29.7. The molecule has 1 amide bonds. The highest BCUT2D eigenvalue weighted by molar-refractivity contribution is 5.73. The first kappa shape index (κ1) is 30.4. The standard InChI is InChI=1S/C37H39NO5/c1-28(39)38-34-22-33(27-40-23-29-14-6-2-7-15-29)35(41-24-30-16-8-3-9-17-30)37(43-26-32-20-12-5-13-21-32)36(34)42-25-31-18-10-4-11-19-31/h2-22,34-37H,23-27H2,1H3,(H,38,39)/t34-,35+,36-,37-/m0/s1. The molecule has 4 atom stereocenters. The van der Waals surface area contributed by atoms with Gasteiger partial charge < -0.3 is 24.3 Å². The fourth-order valence-electron chi connectivity index (χ4n) is 5.23. The summed E-state index contributed by atoms with van der Waals surface area (Å²) in [5.41, 5.74) is 5.12. The third-order valence-electron chi connectivity index (χ3n) is 7.33. The molecule has 1 aliphatic carbocycles. The van der Waals surface area contributed by atoms with E-state index in [-0.39, 0.29) is 5.91 Å². The Bertz CT molecular complexity index is 1410. The first-order valence-corrected chi connectivity index (χ1v) is 14.7. The van der Waals surface area contributed by atoms with Crippen molar-refractivity contribution < 1.29 is 23.7 Å². The molecule has 6 nitrogen and oxygen atoms in total. The van der Waals surface area contributed by atoms with Gasteiger partial charge in [-0.2, -0.15) is 0 Å². The van der Waals surface area contributed by atoms with E-state index in [4.69, 9.17) is 18.9 Å². The normalized spacial score (nSPS) is 19.9. The second-order valence-electron chi connectivity index (χ2n) is 10.7. The highest BCUT2D eigenvalue weighted by Crippen LogP contribution is 2.30. The van der Waals surface area contributed by atoms with E-state index in [0.717, 1.165) is 27.8 Å². The van der Waals surface area contributed by atoms with Gasteiger partial charge in [0.05, 0.1) is 39.1 Å². The lowest BCUT2D eigenvalue weighted by Crippen LogP contribution is -2.57. The van der Waals surface area contributed by atoms with Crippen molar-refractivity contribution in [3.63, 3.8) is 0 Å². The maximum atomic E-state index is 12.4. The summed E-state index contributed by atoms with van der Waals surface area (Å²) >= 11 is 0. The molecule has 5 rings (SSSR count). The van der Waals surface area contributed by atoms with Crippen LogP contribution in [0.2, 0.25) is 0 Å². The largest absolute Gasteiger partial charge is 0.372 e. The molecule has 222 valence electrons. The quantitative estimate of drug-likeness (QED) is 0.176. The monoisotopic (exact) mass is 577 g/mol. The molecule has 0 aromatic heterocycles. The van der Waals surface area contributed by atoms with Gasteiger partial charge in [-0.05, 0) is 27.8 Å². The van der Waals surface area contributed by atoms with Crippen molar-refractivity contribution in [1.29, 1.82) is 0 Å². The van der Waals surface area contributed by atoms with Crippen LogP contribution in [0.3, 0.4) is 0 Å². The van der Waals surface area contributed by atoms with Gasteiger partial charge in [-0.3, -0.25) is 4.79 Å². The van der Waals surface area contributed by atoms with Crippen molar-refractivity contribution in [3.8, 4) is 0 Å². The van der Waals surface area contributed by atoms with Gasteiger partial charge >= 0.3 is 0 Å². The van der Waals surface area contributed by atoms with Crippen LogP contribution in [0.4, 0.5) is 0 Å². The predicted octanol–water partition coefficient (Wildman–Crippen LogP) is 6.40. The van der Waals surface area contributed by atoms with Crippen LogP contribution in [0, 0.1) is 0 Å². The van der Waals surface area contributed by atoms with Gasteiger partial charge in [0, 0.05) is 6.92 Å². The third kappa shape index (κ3) is 9.21. The molecule has 0 saturated heterocycles. The van der Waals surface area contributed by atoms with Crippen molar-refractivity contribution in [3.05, 3.63) is 155 Å². The topological polar surface area (TPSA) is 66.0 Å². The zero-order valence-corrected chi connectivity index (χ0v) is 24.5. The van der Waals surface area contributed by atoms with Crippen molar-refractivity contribution in [2.24, 2.45) is 0 Å². The number of benzene rings is 4. The molecule has 0 radical (unpaired) electrons. The number of hydrogen-bond acceptors (Lipinski definition) is 5. The lowest BCUT2D eigenvalue weighted by molar-refractivity contribution is -0.156. The van der Waals surface area contributed by atoms with Crippen LogP contribution in [0.25, 0.3) is 0 Å². The summed E-state index contributed by atoms with van der Waals surface area (Å²) in [6.45, 7) is 3.42. The average Bonchev–Trinajstić information content (AvgIpc) is 3.04. The Labute approximate surface area is 254 Å².